The molecule has 0 spiro atoms. The highest BCUT2D eigenvalue weighted by Crippen LogP contribution is 2.25. The Morgan fingerprint density at radius 1 is 1.53 bits per heavy atom. The fraction of sp³-hybridized carbons (Fsp3) is 0.222. The van der Waals surface area contributed by atoms with Crippen LogP contribution in [0.4, 0.5) is 4.39 Å². The van der Waals surface area contributed by atoms with Crippen LogP contribution >= 0.6 is 15.9 Å². The molecule has 5 nitrogen and oxygen atoms in total. The lowest BCUT2D eigenvalue weighted by Crippen LogP contribution is -2.15. The first-order chi connectivity index (χ1) is 7.77. The monoisotopic (exact) mass is 325 g/mol. The van der Waals surface area contributed by atoms with Gasteiger partial charge in [0.2, 0.25) is 10.0 Å². The molecule has 0 atom stereocenters. The highest BCUT2D eigenvalue weighted by molar-refractivity contribution is 9.10. The number of sulfonamides is 1. The molecule has 0 aliphatic rings. The molecule has 94 valence electrons. The molecule has 0 heterocycles. The quantitative estimate of drug-likeness (QED) is 0.851. The lowest BCUT2D eigenvalue weighted by Gasteiger charge is -2.07. The smallest absolute Gasteiger partial charge is 0.339 e. The van der Waals surface area contributed by atoms with Crippen LogP contribution in [0, 0.1) is 5.82 Å². The summed E-state index contributed by atoms with van der Waals surface area (Å²) in [4.78, 5) is 11.0. The maximum Gasteiger partial charge on any atom is 0.339 e. The zero-order valence-electron chi connectivity index (χ0n) is 8.74. The number of hydrogen-bond acceptors (Lipinski definition) is 4. The third kappa shape index (κ3) is 3.24. The molecular formula is C9H9BrFNO4S. The number of benzene rings is 1. The Morgan fingerprint density at radius 2 is 2.12 bits per heavy atom. The van der Waals surface area contributed by atoms with Gasteiger partial charge in [0.1, 0.15) is 5.82 Å². The molecule has 0 amide bonds. The van der Waals surface area contributed by atoms with Crippen molar-refractivity contribution in [3.05, 3.63) is 28.0 Å². The summed E-state index contributed by atoms with van der Waals surface area (Å²) in [6.45, 7) is 1.66. The van der Waals surface area contributed by atoms with Gasteiger partial charge in [-0.25, -0.2) is 22.7 Å². The fourth-order valence-corrected chi connectivity index (χ4v) is 2.03. The van der Waals surface area contributed by atoms with Crippen LogP contribution in [-0.4, -0.2) is 21.0 Å². The van der Waals surface area contributed by atoms with E-state index in [1.54, 1.807) is 6.92 Å². The van der Waals surface area contributed by atoms with Crippen LogP contribution in [-0.2, 0) is 14.8 Å². The molecule has 0 unspecified atom stereocenters. The summed E-state index contributed by atoms with van der Waals surface area (Å²) in [6, 6.07) is 1.68. The van der Waals surface area contributed by atoms with Crippen LogP contribution in [0.2, 0.25) is 0 Å². The number of primary sulfonamides is 1. The minimum absolute atomic E-state index is 0.0898. The molecule has 8 heteroatoms. The van der Waals surface area contributed by atoms with Gasteiger partial charge in [-0.2, -0.15) is 0 Å². The number of esters is 1. The molecular weight excluding hydrogens is 317 g/mol. The zero-order chi connectivity index (χ0) is 13.2. The van der Waals surface area contributed by atoms with E-state index in [4.69, 9.17) is 5.14 Å². The van der Waals surface area contributed by atoms with Gasteiger partial charge in [-0.1, -0.05) is 0 Å². The molecule has 0 aliphatic carbocycles. The summed E-state index contributed by atoms with van der Waals surface area (Å²) in [7, 11) is -4.08. The number of carbonyl (C=O) groups excluding carboxylic acids is 1. The molecule has 0 aromatic heterocycles. The summed E-state index contributed by atoms with van der Waals surface area (Å²) < 4.78 is 40.0. The normalized spacial score (nSPS) is 11.3. The molecule has 0 saturated carbocycles. The van der Waals surface area contributed by atoms with Gasteiger partial charge >= 0.3 is 5.97 Å². The van der Waals surface area contributed by atoms with Crippen molar-refractivity contribution in [2.45, 2.75) is 11.8 Å². The zero-order valence-corrected chi connectivity index (χ0v) is 11.1. The van der Waals surface area contributed by atoms with Crippen LogP contribution in [0.15, 0.2) is 21.5 Å². The SMILES string of the molecule is CCOC(=O)c1cc(S(N)(=O)=O)cc(F)c1Br. The average molecular weight is 326 g/mol. The van der Waals surface area contributed by atoms with Crippen molar-refractivity contribution >= 4 is 31.9 Å². The Labute approximate surface area is 106 Å². The van der Waals surface area contributed by atoms with Crippen molar-refractivity contribution in [3.63, 3.8) is 0 Å². The summed E-state index contributed by atoms with van der Waals surface area (Å²) in [5.74, 6) is -1.73. The lowest BCUT2D eigenvalue weighted by molar-refractivity contribution is 0.0524. The maximum absolute atomic E-state index is 13.4. The maximum atomic E-state index is 13.4. The summed E-state index contributed by atoms with van der Waals surface area (Å²) in [5.41, 5.74) is -0.226. The Morgan fingerprint density at radius 3 is 2.59 bits per heavy atom. The second kappa shape index (κ2) is 5.11. The largest absolute Gasteiger partial charge is 0.462 e. The van der Waals surface area contributed by atoms with E-state index in [2.05, 4.69) is 20.7 Å². The van der Waals surface area contributed by atoms with E-state index < -0.39 is 26.7 Å². The van der Waals surface area contributed by atoms with Crippen LogP contribution < -0.4 is 5.14 Å². The molecule has 0 saturated heterocycles. The van der Waals surface area contributed by atoms with E-state index in [1.807, 2.05) is 0 Å². The van der Waals surface area contributed by atoms with Crippen molar-refractivity contribution in [1.29, 1.82) is 0 Å². The molecule has 1 aromatic rings. The van der Waals surface area contributed by atoms with Gasteiger partial charge in [0, 0.05) is 0 Å². The predicted octanol–water partition coefficient (Wildman–Crippen LogP) is 1.41. The lowest BCUT2D eigenvalue weighted by atomic mass is 10.2. The van der Waals surface area contributed by atoms with Gasteiger partial charge in [0.25, 0.3) is 0 Å². The Balaban J connectivity index is 3.40. The Hall–Kier alpha value is -0.990. The van der Waals surface area contributed by atoms with Crippen molar-refractivity contribution in [1.82, 2.24) is 0 Å². The Kier molecular flexibility index (Phi) is 4.23. The van der Waals surface area contributed by atoms with Gasteiger partial charge in [-0.05, 0) is 35.0 Å². The third-order valence-electron chi connectivity index (χ3n) is 1.83. The molecule has 2 N–H and O–H groups in total. The van der Waals surface area contributed by atoms with Crippen molar-refractivity contribution < 1.29 is 22.3 Å². The Bertz CT molecular complexity index is 558. The second-order valence-electron chi connectivity index (χ2n) is 3.03. The molecule has 0 radical (unpaired) electrons. The fourth-order valence-electron chi connectivity index (χ4n) is 1.09. The van der Waals surface area contributed by atoms with Crippen molar-refractivity contribution in [2.75, 3.05) is 6.61 Å². The highest BCUT2D eigenvalue weighted by atomic mass is 79.9. The van der Waals surface area contributed by atoms with Crippen molar-refractivity contribution in [2.24, 2.45) is 5.14 Å². The molecule has 0 aliphatic heterocycles. The molecule has 1 aromatic carbocycles. The average Bonchev–Trinajstić information content (AvgIpc) is 2.20. The standard InChI is InChI=1S/C9H9BrFNO4S/c1-2-16-9(13)6-3-5(17(12,14)15)4-7(11)8(6)10/h3-4H,2H2,1H3,(H2,12,14,15). The first-order valence-electron chi connectivity index (χ1n) is 4.46. The number of carbonyl (C=O) groups is 1. The van der Waals surface area contributed by atoms with Gasteiger partial charge in [-0.3, -0.25) is 0 Å². The van der Waals surface area contributed by atoms with E-state index in [1.165, 1.54) is 0 Å². The van der Waals surface area contributed by atoms with Crippen LogP contribution in [0.5, 0.6) is 0 Å². The van der Waals surface area contributed by atoms with Crippen molar-refractivity contribution in [3.8, 4) is 0 Å². The molecule has 1 rings (SSSR count). The van der Waals surface area contributed by atoms with E-state index in [9.17, 15) is 17.6 Å². The summed E-state index contributed by atoms with van der Waals surface area (Å²) in [5, 5.41) is 4.86. The van der Waals surface area contributed by atoms with Crippen LogP contribution in [0.3, 0.4) is 0 Å². The number of rotatable bonds is 3. The van der Waals surface area contributed by atoms with E-state index in [0.717, 1.165) is 12.1 Å². The number of ether oxygens (including phenoxy) is 1. The molecule has 17 heavy (non-hydrogen) atoms. The van der Waals surface area contributed by atoms with E-state index in [-0.39, 0.29) is 16.6 Å². The molecule has 0 fully saturated rings. The van der Waals surface area contributed by atoms with E-state index >= 15 is 0 Å². The number of halogens is 2. The van der Waals surface area contributed by atoms with Gasteiger partial charge in [0.05, 0.1) is 21.5 Å². The highest BCUT2D eigenvalue weighted by Gasteiger charge is 2.20. The predicted molar refractivity (Wildman–Crippen MR) is 61.4 cm³/mol. The van der Waals surface area contributed by atoms with Gasteiger partial charge < -0.3 is 4.74 Å². The van der Waals surface area contributed by atoms with Gasteiger partial charge in [-0.15, -0.1) is 0 Å². The van der Waals surface area contributed by atoms with Crippen LogP contribution in [0.1, 0.15) is 17.3 Å². The first-order valence-corrected chi connectivity index (χ1v) is 6.80. The molecule has 0 bridgehead atoms. The number of nitrogens with two attached hydrogens (primary N) is 1. The summed E-state index contributed by atoms with van der Waals surface area (Å²) >= 11 is 2.84. The van der Waals surface area contributed by atoms with Crippen LogP contribution in [0.25, 0.3) is 0 Å². The second-order valence-corrected chi connectivity index (χ2v) is 5.39. The minimum Gasteiger partial charge on any atom is -0.462 e. The summed E-state index contributed by atoms with van der Waals surface area (Å²) in [6.07, 6.45) is 0. The van der Waals surface area contributed by atoms with Gasteiger partial charge in [0.15, 0.2) is 0 Å². The topological polar surface area (TPSA) is 86.5 Å². The third-order valence-corrected chi connectivity index (χ3v) is 3.52. The number of hydrogen-bond donors (Lipinski definition) is 1. The van der Waals surface area contributed by atoms with E-state index in [0.29, 0.717) is 0 Å². The minimum atomic E-state index is -4.08. The first kappa shape index (κ1) is 14.1.